The topological polar surface area (TPSA) is 41.5 Å². The highest BCUT2D eigenvalue weighted by atomic mass is 32.1. The normalized spacial score (nSPS) is 20.7. The summed E-state index contributed by atoms with van der Waals surface area (Å²) >= 11 is 1.71. The summed E-state index contributed by atoms with van der Waals surface area (Å²) in [5.74, 6) is 1.75. The number of thiophene rings is 1. The molecule has 6 heteroatoms. The van der Waals surface area contributed by atoms with Crippen LogP contribution in [-0.2, 0) is 4.74 Å². The maximum absolute atomic E-state index is 6.09. The highest BCUT2D eigenvalue weighted by molar-refractivity contribution is 7.17. The summed E-state index contributed by atoms with van der Waals surface area (Å²) in [4.78, 5) is 15.3. The van der Waals surface area contributed by atoms with Crippen molar-refractivity contribution in [3.63, 3.8) is 0 Å². The Bertz CT molecular complexity index is 984. The van der Waals surface area contributed by atoms with Gasteiger partial charge in [0.15, 0.2) is 0 Å². The lowest BCUT2D eigenvalue weighted by Crippen LogP contribution is -2.36. The second-order valence-electron chi connectivity index (χ2n) is 8.96. The van der Waals surface area contributed by atoms with Crippen LogP contribution in [0.15, 0.2) is 42.0 Å². The molecule has 5 rings (SSSR count). The standard InChI is InChI=1S/C25H32N4OS/c1-28-12-5-8-21(28)11-15-30-16-19-9-13-29(14-10-19)24-23-22(20-6-3-2-4-7-20)17-31-25(23)27-18-26-24/h2-4,6-7,17-19,21H,5,8-16H2,1H3. The molecule has 1 aromatic carbocycles. The third kappa shape index (κ3) is 4.61. The minimum atomic E-state index is 0.658. The second-order valence-corrected chi connectivity index (χ2v) is 9.82. The van der Waals surface area contributed by atoms with Crippen molar-refractivity contribution in [3.8, 4) is 11.1 Å². The molecule has 1 atom stereocenters. The van der Waals surface area contributed by atoms with Crippen LogP contribution in [-0.4, -0.2) is 60.8 Å². The van der Waals surface area contributed by atoms with E-state index in [4.69, 9.17) is 9.72 Å². The van der Waals surface area contributed by atoms with Crippen molar-refractivity contribution in [1.29, 1.82) is 0 Å². The van der Waals surface area contributed by atoms with Crippen LogP contribution in [0.1, 0.15) is 32.1 Å². The summed E-state index contributed by atoms with van der Waals surface area (Å²) in [7, 11) is 2.24. The van der Waals surface area contributed by atoms with Gasteiger partial charge in [0, 0.05) is 43.3 Å². The van der Waals surface area contributed by atoms with Gasteiger partial charge in [0.25, 0.3) is 0 Å². The number of aromatic nitrogens is 2. The van der Waals surface area contributed by atoms with Crippen LogP contribution in [0.25, 0.3) is 21.3 Å². The predicted octanol–water partition coefficient (Wildman–Crippen LogP) is 5.08. The third-order valence-corrected chi connectivity index (χ3v) is 7.86. The van der Waals surface area contributed by atoms with Gasteiger partial charge in [-0.15, -0.1) is 11.3 Å². The number of benzene rings is 1. The number of ether oxygens (including phenoxy) is 1. The molecule has 0 spiro atoms. The summed E-state index contributed by atoms with van der Waals surface area (Å²) < 4.78 is 6.09. The van der Waals surface area contributed by atoms with Crippen LogP contribution in [0.3, 0.4) is 0 Å². The largest absolute Gasteiger partial charge is 0.381 e. The Morgan fingerprint density at radius 1 is 1.06 bits per heavy atom. The molecule has 0 bridgehead atoms. The molecule has 2 aliphatic rings. The molecule has 5 nitrogen and oxygen atoms in total. The molecule has 0 saturated carbocycles. The van der Waals surface area contributed by atoms with E-state index in [0.29, 0.717) is 5.92 Å². The smallest absolute Gasteiger partial charge is 0.141 e. The number of piperidine rings is 1. The Labute approximate surface area is 189 Å². The SMILES string of the molecule is CN1CCCC1CCOCC1CCN(c2ncnc3scc(-c4ccccc4)c23)CC1. The first kappa shape index (κ1) is 20.9. The van der Waals surface area contributed by atoms with E-state index in [2.05, 4.69) is 57.5 Å². The summed E-state index contributed by atoms with van der Waals surface area (Å²) in [6.07, 6.45) is 7.90. The van der Waals surface area contributed by atoms with Gasteiger partial charge in [-0.25, -0.2) is 9.97 Å². The van der Waals surface area contributed by atoms with Gasteiger partial charge in [-0.2, -0.15) is 0 Å². The van der Waals surface area contributed by atoms with Crippen LogP contribution in [0.2, 0.25) is 0 Å². The van der Waals surface area contributed by atoms with Gasteiger partial charge in [0.05, 0.1) is 5.39 Å². The second kappa shape index (κ2) is 9.63. The van der Waals surface area contributed by atoms with Crippen LogP contribution in [0.5, 0.6) is 0 Å². The molecule has 0 N–H and O–H groups in total. The molecule has 2 fully saturated rings. The Kier molecular flexibility index (Phi) is 6.48. The van der Waals surface area contributed by atoms with Crippen LogP contribution < -0.4 is 4.90 Å². The van der Waals surface area contributed by atoms with Gasteiger partial charge >= 0.3 is 0 Å². The molecule has 4 heterocycles. The molecule has 0 aliphatic carbocycles. The van der Waals surface area contributed by atoms with E-state index >= 15 is 0 Å². The van der Waals surface area contributed by atoms with E-state index in [9.17, 15) is 0 Å². The molecular formula is C25H32N4OS. The van der Waals surface area contributed by atoms with Crippen molar-refractivity contribution in [2.75, 3.05) is 44.8 Å². The number of nitrogens with zero attached hydrogens (tertiary/aromatic N) is 4. The summed E-state index contributed by atoms with van der Waals surface area (Å²) in [6.45, 7) is 5.12. The molecule has 0 radical (unpaired) electrons. The minimum absolute atomic E-state index is 0.658. The molecule has 164 valence electrons. The van der Waals surface area contributed by atoms with Gasteiger partial charge < -0.3 is 14.5 Å². The van der Waals surface area contributed by atoms with Crippen molar-refractivity contribution in [1.82, 2.24) is 14.9 Å². The lowest BCUT2D eigenvalue weighted by Gasteiger charge is -2.33. The molecule has 3 aromatic rings. The predicted molar refractivity (Wildman–Crippen MR) is 129 cm³/mol. The molecule has 0 amide bonds. The maximum atomic E-state index is 6.09. The molecule has 2 aromatic heterocycles. The first-order valence-electron chi connectivity index (χ1n) is 11.6. The number of hydrogen-bond acceptors (Lipinski definition) is 6. The zero-order valence-corrected chi connectivity index (χ0v) is 19.2. The van der Waals surface area contributed by atoms with E-state index in [1.54, 1.807) is 17.7 Å². The molecule has 31 heavy (non-hydrogen) atoms. The van der Waals surface area contributed by atoms with E-state index in [0.717, 1.165) is 43.0 Å². The lowest BCUT2D eigenvalue weighted by atomic mass is 9.97. The lowest BCUT2D eigenvalue weighted by molar-refractivity contribution is 0.0769. The monoisotopic (exact) mass is 436 g/mol. The molecule has 2 aliphatic heterocycles. The van der Waals surface area contributed by atoms with Gasteiger partial charge in [-0.3, -0.25) is 0 Å². The summed E-state index contributed by atoms with van der Waals surface area (Å²) in [5, 5.41) is 3.43. The quantitative estimate of drug-likeness (QED) is 0.483. The van der Waals surface area contributed by atoms with Gasteiger partial charge in [-0.1, -0.05) is 30.3 Å². The number of rotatable bonds is 7. The van der Waals surface area contributed by atoms with Crippen molar-refractivity contribution >= 4 is 27.4 Å². The number of likely N-dealkylation sites (tertiary alicyclic amines) is 1. The Morgan fingerprint density at radius 2 is 1.90 bits per heavy atom. The number of anilines is 1. The van der Waals surface area contributed by atoms with Crippen LogP contribution in [0, 0.1) is 5.92 Å². The van der Waals surface area contributed by atoms with Crippen molar-refractivity contribution in [2.24, 2.45) is 5.92 Å². The minimum Gasteiger partial charge on any atom is -0.381 e. The zero-order valence-electron chi connectivity index (χ0n) is 18.4. The Morgan fingerprint density at radius 3 is 2.68 bits per heavy atom. The summed E-state index contributed by atoms with van der Waals surface area (Å²) in [5.41, 5.74) is 2.49. The molecular weight excluding hydrogens is 404 g/mol. The fourth-order valence-electron chi connectivity index (χ4n) is 5.05. The average molecular weight is 437 g/mol. The van der Waals surface area contributed by atoms with Crippen molar-refractivity contribution < 1.29 is 4.74 Å². The first-order valence-corrected chi connectivity index (χ1v) is 12.5. The van der Waals surface area contributed by atoms with Gasteiger partial charge in [0.1, 0.15) is 17.0 Å². The van der Waals surface area contributed by atoms with Crippen LogP contribution >= 0.6 is 11.3 Å². The van der Waals surface area contributed by atoms with E-state index in [-0.39, 0.29) is 0 Å². The number of hydrogen-bond donors (Lipinski definition) is 0. The van der Waals surface area contributed by atoms with Gasteiger partial charge in [0.2, 0.25) is 0 Å². The Balaban J connectivity index is 1.19. The highest BCUT2D eigenvalue weighted by Gasteiger charge is 2.24. The highest BCUT2D eigenvalue weighted by Crippen LogP contribution is 2.38. The summed E-state index contributed by atoms with van der Waals surface area (Å²) in [6, 6.07) is 11.3. The Hall–Kier alpha value is -2.02. The third-order valence-electron chi connectivity index (χ3n) is 6.97. The van der Waals surface area contributed by atoms with Gasteiger partial charge in [-0.05, 0) is 57.2 Å². The van der Waals surface area contributed by atoms with Crippen LogP contribution in [0.4, 0.5) is 5.82 Å². The fraction of sp³-hybridized carbons (Fsp3) is 0.520. The first-order chi connectivity index (χ1) is 15.3. The van der Waals surface area contributed by atoms with E-state index in [1.165, 1.54) is 55.2 Å². The molecule has 2 saturated heterocycles. The van der Waals surface area contributed by atoms with E-state index < -0.39 is 0 Å². The average Bonchev–Trinajstić information content (AvgIpc) is 3.44. The number of fused-ring (bicyclic) bond motifs is 1. The zero-order chi connectivity index (χ0) is 21.0. The van der Waals surface area contributed by atoms with E-state index in [1.807, 2.05) is 0 Å². The fourth-order valence-corrected chi connectivity index (χ4v) is 5.96. The van der Waals surface area contributed by atoms with Crippen molar-refractivity contribution in [2.45, 2.75) is 38.1 Å². The van der Waals surface area contributed by atoms with Crippen molar-refractivity contribution in [3.05, 3.63) is 42.0 Å². The molecule has 1 unspecified atom stereocenters. The maximum Gasteiger partial charge on any atom is 0.141 e.